The van der Waals surface area contributed by atoms with Crippen LogP contribution < -0.4 is 10.9 Å². The number of amides is 1. The van der Waals surface area contributed by atoms with Crippen molar-refractivity contribution in [3.05, 3.63) is 70.4 Å². The maximum Gasteiger partial charge on any atom is 0.251 e. The van der Waals surface area contributed by atoms with Gasteiger partial charge in [0.25, 0.3) is 5.56 Å². The predicted molar refractivity (Wildman–Crippen MR) is 89.6 cm³/mol. The first kappa shape index (κ1) is 16.0. The molecule has 3 rings (SSSR count). The number of carbonyl (C=O) groups is 1. The number of hydrogen-bond acceptors (Lipinski definition) is 4. The number of pyridine rings is 1. The number of H-pyrrole nitrogens is 1. The summed E-state index contributed by atoms with van der Waals surface area (Å²) in [7, 11) is 0. The van der Waals surface area contributed by atoms with Gasteiger partial charge in [0, 0.05) is 17.5 Å². The molecule has 1 unspecified atom stereocenters. The quantitative estimate of drug-likeness (QED) is 0.645. The number of hydrogen-bond donors (Lipinski definition) is 3. The van der Waals surface area contributed by atoms with Crippen molar-refractivity contribution in [2.75, 3.05) is 6.54 Å². The Balaban J connectivity index is 1.56. The second-order valence-corrected chi connectivity index (χ2v) is 5.55. The van der Waals surface area contributed by atoms with Crippen LogP contribution in [0.1, 0.15) is 23.8 Å². The lowest BCUT2D eigenvalue weighted by Crippen LogP contribution is -2.29. The van der Waals surface area contributed by atoms with Crippen molar-refractivity contribution in [3.8, 4) is 0 Å². The van der Waals surface area contributed by atoms with E-state index in [0.717, 1.165) is 10.9 Å². The highest BCUT2D eigenvalue weighted by Gasteiger charge is 2.12. The zero-order chi connectivity index (χ0) is 16.9. The number of fused-ring (bicyclic) bond motifs is 1. The van der Waals surface area contributed by atoms with E-state index in [4.69, 9.17) is 4.42 Å². The minimum absolute atomic E-state index is 0.0699. The summed E-state index contributed by atoms with van der Waals surface area (Å²) in [5.41, 5.74) is 1.16. The Labute approximate surface area is 138 Å². The van der Waals surface area contributed by atoms with Crippen LogP contribution >= 0.6 is 0 Å². The van der Waals surface area contributed by atoms with Gasteiger partial charge in [0.1, 0.15) is 11.9 Å². The van der Waals surface area contributed by atoms with Crippen LogP contribution in [0.3, 0.4) is 0 Å². The topological polar surface area (TPSA) is 95.3 Å². The smallest absolute Gasteiger partial charge is 0.251 e. The van der Waals surface area contributed by atoms with Crippen LogP contribution in [0.15, 0.2) is 57.9 Å². The molecule has 1 aromatic carbocycles. The lowest BCUT2D eigenvalue weighted by atomic mass is 10.1. The number of aromatic nitrogens is 1. The van der Waals surface area contributed by atoms with Crippen LogP contribution in [-0.2, 0) is 11.2 Å². The van der Waals surface area contributed by atoms with Gasteiger partial charge in [-0.3, -0.25) is 9.59 Å². The SMILES string of the molecule is O=C(CCc1cc2ccccc2[nH]c1=O)NCC(O)c1ccco1. The van der Waals surface area contributed by atoms with Crippen LogP contribution in [0.2, 0.25) is 0 Å². The van der Waals surface area contributed by atoms with Gasteiger partial charge in [0.15, 0.2) is 0 Å². The summed E-state index contributed by atoms with van der Waals surface area (Å²) in [4.78, 5) is 26.7. The van der Waals surface area contributed by atoms with Crippen LogP contribution in [0.5, 0.6) is 0 Å². The second kappa shape index (κ2) is 7.14. The summed E-state index contributed by atoms with van der Waals surface area (Å²) < 4.78 is 5.07. The lowest BCUT2D eigenvalue weighted by molar-refractivity contribution is -0.121. The number of aliphatic hydroxyl groups excluding tert-OH is 1. The Bertz CT molecular complexity index is 883. The third kappa shape index (κ3) is 3.72. The fourth-order valence-electron chi connectivity index (χ4n) is 2.51. The average molecular weight is 326 g/mol. The fourth-order valence-corrected chi connectivity index (χ4v) is 2.51. The molecule has 124 valence electrons. The Morgan fingerprint density at radius 2 is 2.08 bits per heavy atom. The van der Waals surface area contributed by atoms with Gasteiger partial charge in [-0.05, 0) is 36.1 Å². The van der Waals surface area contributed by atoms with Gasteiger partial charge in [-0.25, -0.2) is 0 Å². The van der Waals surface area contributed by atoms with E-state index in [1.807, 2.05) is 24.3 Å². The Morgan fingerprint density at radius 3 is 2.88 bits per heavy atom. The molecule has 0 bridgehead atoms. The monoisotopic (exact) mass is 326 g/mol. The number of carbonyl (C=O) groups excluding carboxylic acids is 1. The van der Waals surface area contributed by atoms with E-state index in [0.29, 0.717) is 17.7 Å². The van der Waals surface area contributed by atoms with Crippen molar-refractivity contribution in [2.24, 2.45) is 0 Å². The molecule has 6 heteroatoms. The van der Waals surface area contributed by atoms with Gasteiger partial charge < -0.3 is 19.8 Å². The van der Waals surface area contributed by atoms with E-state index >= 15 is 0 Å². The Kier molecular flexibility index (Phi) is 4.77. The Hall–Kier alpha value is -2.86. The van der Waals surface area contributed by atoms with Gasteiger partial charge in [0.2, 0.25) is 5.91 Å². The largest absolute Gasteiger partial charge is 0.467 e. The van der Waals surface area contributed by atoms with Crippen molar-refractivity contribution in [1.82, 2.24) is 10.3 Å². The summed E-state index contributed by atoms with van der Waals surface area (Å²) in [6.07, 6.45) is 1.09. The summed E-state index contributed by atoms with van der Waals surface area (Å²) in [6, 6.07) is 12.6. The molecule has 0 spiro atoms. The number of aliphatic hydroxyl groups is 1. The van der Waals surface area contributed by atoms with Gasteiger partial charge in [-0.15, -0.1) is 0 Å². The molecule has 3 aromatic rings. The van der Waals surface area contributed by atoms with Crippen molar-refractivity contribution < 1.29 is 14.3 Å². The number of aromatic amines is 1. The van der Waals surface area contributed by atoms with E-state index in [1.165, 1.54) is 6.26 Å². The molecule has 1 atom stereocenters. The number of rotatable bonds is 6. The molecule has 6 nitrogen and oxygen atoms in total. The standard InChI is InChI=1S/C18H18N2O4/c21-15(16-6-3-9-24-16)11-19-17(22)8-7-13-10-12-4-1-2-5-14(12)20-18(13)23/h1-6,9-10,15,21H,7-8,11H2,(H,19,22)(H,20,23). The first-order chi connectivity index (χ1) is 11.6. The molecule has 0 aliphatic heterocycles. The number of aryl methyl sites for hydroxylation is 1. The fraction of sp³-hybridized carbons (Fsp3) is 0.222. The first-order valence-corrected chi connectivity index (χ1v) is 7.72. The van der Waals surface area contributed by atoms with Crippen LogP contribution in [-0.4, -0.2) is 22.5 Å². The zero-order valence-electron chi connectivity index (χ0n) is 13.0. The highest BCUT2D eigenvalue weighted by molar-refractivity contribution is 5.79. The van der Waals surface area contributed by atoms with E-state index < -0.39 is 6.10 Å². The summed E-state index contributed by atoms with van der Waals surface area (Å²) in [5, 5.41) is 13.4. The van der Waals surface area contributed by atoms with Crippen molar-refractivity contribution >= 4 is 16.8 Å². The minimum Gasteiger partial charge on any atom is -0.467 e. The minimum atomic E-state index is -0.881. The Morgan fingerprint density at radius 1 is 1.25 bits per heavy atom. The number of furan rings is 1. The molecule has 1 amide bonds. The van der Waals surface area contributed by atoms with Crippen LogP contribution in [0.4, 0.5) is 0 Å². The second-order valence-electron chi connectivity index (χ2n) is 5.55. The molecule has 0 aliphatic rings. The lowest BCUT2D eigenvalue weighted by Gasteiger charge is -2.09. The molecule has 2 heterocycles. The molecule has 0 saturated carbocycles. The van der Waals surface area contributed by atoms with Gasteiger partial charge in [-0.2, -0.15) is 0 Å². The predicted octanol–water partition coefficient (Wildman–Crippen LogP) is 1.90. The summed E-state index contributed by atoms with van der Waals surface area (Å²) in [6.45, 7) is 0.0699. The molecule has 0 saturated heterocycles. The average Bonchev–Trinajstić information content (AvgIpc) is 3.12. The normalized spacial score (nSPS) is 12.2. The molecule has 24 heavy (non-hydrogen) atoms. The molecule has 3 N–H and O–H groups in total. The zero-order valence-corrected chi connectivity index (χ0v) is 13.0. The number of benzene rings is 1. The van der Waals surface area contributed by atoms with Crippen LogP contribution in [0, 0.1) is 0 Å². The van der Waals surface area contributed by atoms with Gasteiger partial charge in [-0.1, -0.05) is 18.2 Å². The van der Waals surface area contributed by atoms with Crippen molar-refractivity contribution in [2.45, 2.75) is 18.9 Å². The molecule has 0 fully saturated rings. The van der Waals surface area contributed by atoms with E-state index in [9.17, 15) is 14.7 Å². The third-order valence-corrected chi connectivity index (χ3v) is 3.82. The van der Waals surface area contributed by atoms with E-state index in [2.05, 4.69) is 10.3 Å². The third-order valence-electron chi connectivity index (χ3n) is 3.82. The molecule has 2 aromatic heterocycles. The highest BCUT2D eigenvalue weighted by atomic mass is 16.4. The maximum atomic E-state index is 12.0. The van der Waals surface area contributed by atoms with Gasteiger partial charge >= 0.3 is 0 Å². The van der Waals surface area contributed by atoms with Crippen molar-refractivity contribution in [1.29, 1.82) is 0 Å². The maximum absolute atomic E-state index is 12.0. The van der Waals surface area contributed by atoms with Gasteiger partial charge in [0.05, 0.1) is 12.8 Å². The van der Waals surface area contributed by atoms with Crippen molar-refractivity contribution in [3.63, 3.8) is 0 Å². The van der Waals surface area contributed by atoms with E-state index in [-0.39, 0.29) is 24.4 Å². The summed E-state index contributed by atoms with van der Waals surface area (Å²) >= 11 is 0. The number of para-hydroxylation sites is 1. The van der Waals surface area contributed by atoms with Crippen LogP contribution in [0.25, 0.3) is 10.9 Å². The first-order valence-electron chi connectivity index (χ1n) is 7.72. The van der Waals surface area contributed by atoms with E-state index in [1.54, 1.807) is 18.2 Å². The molecule has 0 aliphatic carbocycles. The molecular formula is C18H18N2O4. The number of nitrogens with one attached hydrogen (secondary N) is 2. The highest BCUT2D eigenvalue weighted by Crippen LogP contribution is 2.12. The molecular weight excluding hydrogens is 308 g/mol. The molecule has 0 radical (unpaired) electrons. The summed E-state index contributed by atoms with van der Waals surface area (Å²) in [5.74, 6) is 0.175.